The molecule has 1 saturated heterocycles. The van der Waals surface area contributed by atoms with Crippen molar-refractivity contribution in [2.24, 2.45) is 0 Å². The standard InChI is InChI=1S/C11H17ClN2O2/c1-8(15)14(9-2-3-9)10-4-5-13(7-10)11(16)6-12/h9-10H,2-7H2,1H3/t10-/m0/s1. The molecule has 0 bridgehead atoms. The van der Waals surface area contributed by atoms with Gasteiger partial charge >= 0.3 is 0 Å². The molecular formula is C11H17ClN2O2. The molecule has 1 heterocycles. The van der Waals surface area contributed by atoms with Crippen LogP contribution in [0.15, 0.2) is 0 Å². The molecule has 2 fully saturated rings. The van der Waals surface area contributed by atoms with Crippen LogP contribution in [0.1, 0.15) is 26.2 Å². The van der Waals surface area contributed by atoms with Crippen molar-refractivity contribution in [1.29, 1.82) is 0 Å². The van der Waals surface area contributed by atoms with E-state index in [9.17, 15) is 9.59 Å². The number of rotatable bonds is 3. The monoisotopic (exact) mass is 244 g/mol. The number of nitrogens with zero attached hydrogens (tertiary/aromatic N) is 2. The van der Waals surface area contributed by atoms with Crippen LogP contribution in [0.5, 0.6) is 0 Å². The highest BCUT2D eigenvalue weighted by Gasteiger charge is 2.39. The number of alkyl halides is 1. The average Bonchev–Trinajstić information content (AvgIpc) is 2.94. The third kappa shape index (κ3) is 2.32. The van der Waals surface area contributed by atoms with Crippen LogP contribution in [0.4, 0.5) is 0 Å². The van der Waals surface area contributed by atoms with Crippen molar-refractivity contribution < 1.29 is 9.59 Å². The summed E-state index contributed by atoms with van der Waals surface area (Å²) in [6.07, 6.45) is 3.11. The molecule has 0 radical (unpaired) electrons. The maximum atomic E-state index is 11.6. The van der Waals surface area contributed by atoms with Crippen molar-refractivity contribution in [1.82, 2.24) is 9.80 Å². The van der Waals surface area contributed by atoms with Crippen LogP contribution in [0.25, 0.3) is 0 Å². The summed E-state index contributed by atoms with van der Waals surface area (Å²) in [5.41, 5.74) is 0. The Morgan fingerprint density at radius 1 is 1.31 bits per heavy atom. The summed E-state index contributed by atoms with van der Waals surface area (Å²) in [4.78, 5) is 26.7. The van der Waals surface area contributed by atoms with Gasteiger partial charge in [-0.2, -0.15) is 0 Å². The van der Waals surface area contributed by atoms with Gasteiger partial charge in [-0.1, -0.05) is 0 Å². The molecule has 0 spiro atoms. The second kappa shape index (κ2) is 4.62. The maximum Gasteiger partial charge on any atom is 0.237 e. The highest BCUT2D eigenvalue weighted by Crippen LogP contribution is 2.31. The Morgan fingerprint density at radius 2 is 2.00 bits per heavy atom. The van der Waals surface area contributed by atoms with E-state index in [0.717, 1.165) is 25.8 Å². The van der Waals surface area contributed by atoms with Gasteiger partial charge in [-0.3, -0.25) is 9.59 Å². The minimum Gasteiger partial charge on any atom is -0.340 e. The molecule has 1 aliphatic heterocycles. The van der Waals surface area contributed by atoms with Gasteiger partial charge in [0, 0.05) is 26.1 Å². The van der Waals surface area contributed by atoms with Crippen LogP contribution in [0.3, 0.4) is 0 Å². The van der Waals surface area contributed by atoms with E-state index in [2.05, 4.69) is 0 Å². The third-order valence-corrected chi connectivity index (χ3v) is 3.56. The zero-order chi connectivity index (χ0) is 11.7. The number of likely N-dealkylation sites (tertiary alicyclic amines) is 1. The van der Waals surface area contributed by atoms with Crippen molar-refractivity contribution in [3.05, 3.63) is 0 Å². The van der Waals surface area contributed by atoms with Gasteiger partial charge in [0.25, 0.3) is 0 Å². The average molecular weight is 245 g/mol. The molecule has 1 saturated carbocycles. The minimum absolute atomic E-state index is 0.0246. The second-order valence-corrected chi connectivity index (χ2v) is 4.84. The molecule has 5 heteroatoms. The number of carbonyl (C=O) groups excluding carboxylic acids is 2. The normalized spacial score (nSPS) is 24.6. The summed E-state index contributed by atoms with van der Waals surface area (Å²) in [7, 11) is 0. The van der Waals surface area contributed by atoms with Gasteiger partial charge in [0.05, 0.1) is 6.04 Å². The van der Waals surface area contributed by atoms with Crippen LogP contribution in [-0.4, -0.2) is 52.7 Å². The quantitative estimate of drug-likeness (QED) is 0.691. The Kier molecular flexibility index (Phi) is 3.38. The van der Waals surface area contributed by atoms with Gasteiger partial charge in [0.1, 0.15) is 5.88 Å². The summed E-state index contributed by atoms with van der Waals surface area (Å²) in [5, 5.41) is 0. The lowest BCUT2D eigenvalue weighted by Crippen LogP contribution is -2.43. The Balaban J connectivity index is 1.96. The lowest BCUT2D eigenvalue weighted by molar-refractivity contribution is -0.133. The molecule has 0 aromatic rings. The maximum absolute atomic E-state index is 11.6. The fourth-order valence-electron chi connectivity index (χ4n) is 2.44. The van der Waals surface area contributed by atoms with E-state index in [-0.39, 0.29) is 23.7 Å². The smallest absolute Gasteiger partial charge is 0.237 e. The molecule has 2 amide bonds. The zero-order valence-electron chi connectivity index (χ0n) is 9.49. The third-order valence-electron chi connectivity index (χ3n) is 3.33. The predicted molar refractivity (Wildman–Crippen MR) is 61.2 cm³/mol. The summed E-state index contributed by atoms with van der Waals surface area (Å²) >= 11 is 5.53. The fraction of sp³-hybridized carbons (Fsp3) is 0.818. The van der Waals surface area contributed by atoms with Crippen molar-refractivity contribution in [3.8, 4) is 0 Å². The Bertz CT molecular complexity index is 304. The van der Waals surface area contributed by atoms with Crippen molar-refractivity contribution >= 4 is 23.4 Å². The Hall–Kier alpha value is -0.770. The molecule has 90 valence electrons. The predicted octanol–water partition coefficient (Wildman–Crippen LogP) is 0.837. The molecule has 16 heavy (non-hydrogen) atoms. The first-order valence-electron chi connectivity index (χ1n) is 5.76. The van der Waals surface area contributed by atoms with E-state index in [1.807, 2.05) is 4.90 Å². The first-order valence-corrected chi connectivity index (χ1v) is 6.29. The van der Waals surface area contributed by atoms with E-state index >= 15 is 0 Å². The number of halogens is 1. The van der Waals surface area contributed by atoms with Crippen LogP contribution in [0.2, 0.25) is 0 Å². The van der Waals surface area contributed by atoms with Crippen LogP contribution >= 0.6 is 11.6 Å². The highest BCUT2D eigenvalue weighted by molar-refractivity contribution is 6.27. The molecular weight excluding hydrogens is 228 g/mol. The van der Waals surface area contributed by atoms with Gasteiger partial charge in [0.2, 0.25) is 11.8 Å². The first-order chi connectivity index (χ1) is 7.63. The van der Waals surface area contributed by atoms with Crippen LogP contribution in [-0.2, 0) is 9.59 Å². The van der Waals surface area contributed by atoms with Gasteiger partial charge in [-0.25, -0.2) is 0 Å². The lowest BCUT2D eigenvalue weighted by atomic mass is 10.2. The van der Waals surface area contributed by atoms with E-state index in [0.29, 0.717) is 12.6 Å². The van der Waals surface area contributed by atoms with Gasteiger partial charge in [0.15, 0.2) is 0 Å². The number of carbonyl (C=O) groups is 2. The highest BCUT2D eigenvalue weighted by atomic mass is 35.5. The summed E-state index contributed by atoms with van der Waals surface area (Å²) in [6, 6.07) is 0.630. The van der Waals surface area contributed by atoms with E-state index in [4.69, 9.17) is 11.6 Å². The van der Waals surface area contributed by atoms with E-state index in [1.165, 1.54) is 0 Å². The van der Waals surface area contributed by atoms with Crippen molar-refractivity contribution in [3.63, 3.8) is 0 Å². The molecule has 0 unspecified atom stereocenters. The molecule has 4 nitrogen and oxygen atoms in total. The zero-order valence-corrected chi connectivity index (χ0v) is 10.2. The Labute approximate surface area is 101 Å². The topological polar surface area (TPSA) is 40.6 Å². The van der Waals surface area contributed by atoms with Crippen molar-refractivity contribution in [2.45, 2.75) is 38.3 Å². The molecule has 2 rings (SSSR count). The van der Waals surface area contributed by atoms with Gasteiger partial charge < -0.3 is 9.80 Å². The van der Waals surface area contributed by atoms with Crippen LogP contribution in [0, 0.1) is 0 Å². The minimum atomic E-state index is -0.0246. The van der Waals surface area contributed by atoms with E-state index < -0.39 is 0 Å². The molecule has 0 aromatic heterocycles. The first kappa shape index (κ1) is 11.7. The second-order valence-electron chi connectivity index (χ2n) is 4.57. The molecule has 1 atom stereocenters. The summed E-state index contributed by atoms with van der Waals surface area (Å²) < 4.78 is 0. The number of amides is 2. The number of hydrogen-bond donors (Lipinski definition) is 0. The fourth-order valence-corrected chi connectivity index (χ4v) is 2.61. The molecule has 2 aliphatic rings. The summed E-state index contributed by atoms with van der Waals surface area (Å²) in [5.74, 6) is 0.145. The SMILES string of the molecule is CC(=O)N(C1CC1)[C@H]1CCN(C(=O)CCl)C1. The largest absolute Gasteiger partial charge is 0.340 e. The molecule has 1 aliphatic carbocycles. The number of hydrogen-bond acceptors (Lipinski definition) is 2. The molecule has 0 N–H and O–H groups in total. The van der Waals surface area contributed by atoms with Crippen LogP contribution < -0.4 is 0 Å². The van der Waals surface area contributed by atoms with Gasteiger partial charge in [-0.15, -0.1) is 11.6 Å². The summed E-state index contributed by atoms with van der Waals surface area (Å²) in [6.45, 7) is 3.00. The lowest BCUT2D eigenvalue weighted by Gasteiger charge is -2.28. The molecule has 0 aromatic carbocycles. The Morgan fingerprint density at radius 3 is 2.50 bits per heavy atom. The van der Waals surface area contributed by atoms with Crippen molar-refractivity contribution in [2.75, 3.05) is 19.0 Å². The van der Waals surface area contributed by atoms with E-state index in [1.54, 1.807) is 11.8 Å². The van der Waals surface area contributed by atoms with Gasteiger partial charge in [-0.05, 0) is 19.3 Å².